The fourth-order valence-corrected chi connectivity index (χ4v) is 5.81. The van der Waals surface area contributed by atoms with E-state index in [9.17, 15) is 0 Å². The van der Waals surface area contributed by atoms with Gasteiger partial charge in [-0.3, -0.25) is 0 Å². The van der Waals surface area contributed by atoms with Crippen LogP contribution in [0.15, 0.2) is 83.9 Å². The van der Waals surface area contributed by atoms with Crippen molar-refractivity contribution in [2.24, 2.45) is 4.99 Å². The van der Waals surface area contributed by atoms with Crippen molar-refractivity contribution in [1.82, 2.24) is 0 Å². The summed E-state index contributed by atoms with van der Waals surface area (Å²) in [6.07, 6.45) is 0. The van der Waals surface area contributed by atoms with E-state index in [1.54, 1.807) is 0 Å². The van der Waals surface area contributed by atoms with Crippen LogP contribution < -0.4 is 15.1 Å². The van der Waals surface area contributed by atoms with Crippen LogP contribution in [0.25, 0.3) is 0 Å². The van der Waals surface area contributed by atoms with Gasteiger partial charge in [-0.05, 0) is 0 Å². The van der Waals surface area contributed by atoms with Crippen LogP contribution in [0.4, 0.5) is 11.4 Å². The molecule has 4 rings (SSSR count). The fourth-order valence-electron chi connectivity index (χ4n) is 3.43. The monoisotopic (exact) mass is 469 g/mol. The molecule has 5 heteroatoms. The first-order chi connectivity index (χ1) is 14.1. The van der Waals surface area contributed by atoms with Crippen molar-refractivity contribution in [1.29, 1.82) is 0 Å². The number of nitrogens with zero attached hydrogens (tertiary/aromatic N) is 1. The van der Waals surface area contributed by atoms with E-state index in [0.29, 0.717) is 19.8 Å². The van der Waals surface area contributed by atoms with Gasteiger partial charge in [-0.1, -0.05) is 0 Å². The topological polar surface area (TPSA) is 36.4 Å². The van der Waals surface area contributed by atoms with E-state index in [1.807, 2.05) is 30.3 Å². The number of fused-ring (bicyclic) bond motifs is 1. The first kappa shape index (κ1) is 20.0. The van der Waals surface area contributed by atoms with Gasteiger partial charge in [-0.2, -0.15) is 0 Å². The number of anilines is 2. The molecular weight excluding hydrogens is 445 g/mol. The zero-order chi connectivity index (χ0) is 20.2. The van der Waals surface area contributed by atoms with Gasteiger partial charge in [-0.25, -0.2) is 0 Å². The Morgan fingerprint density at radius 2 is 1.52 bits per heavy atom. The number of aliphatic imine (C=N–C) groups is 1. The summed E-state index contributed by atoms with van der Waals surface area (Å²) in [6, 6.07) is 27.2. The van der Waals surface area contributed by atoms with Gasteiger partial charge in [0.2, 0.25) is 0 Å². The predicted molar refractivity (Wildman–Crippen MR) is 126 cm³/mol. The minimum absolute atomic E-state index is 0.0424. The molecule has 29 heavy (non-hydrogen) atoms. The summed E-state index contributed by atoms with van der Waals surface area (Å²) in [7, 11) is 0. The maximum absolute atomic E-state index is 6.05. The van der Waals surface area contributed by atoms with E-state index < -0.39 is 0 Å². The molecule has 148 valence electrons. The number of hydrogen-bond acceptors (Lipinski definition) is 2. The van der Waals surface area contributed by atoms with Crippen molar-refractivity contribution in [2.45, 2.75) is 30.7 Å². The van der Waals surface area contributed by atoms with Crippen molar-refractivity contribution in [3.05, 3.63) is 89.4 Å². The van der Waals surface area contributed by atoms with E-state index in [4.69, 9.17) is 16.6 Å². The van der Waals surface area contributed by atoms with Crippen LogP contribution in [-0.2, 0) is 0 Å². The normalized spacial score (nSPS) is 19.0. The molecule has 3 unspecified atom stereocenters. The van der Waals surface area contributed by atoms with Gasteiger partial charge in [0, 0.05) is 0 Å². The standard InChI is InChI=1S/C24H24ClN3Se/c1-16(18-12-14-19(25)15-13-18)26-24-23(17(2)29-20-8-4-3-5-9-20)27-21-10-6-7-11-22(21)28-24/h3-17,23,27H,1-2H3,(H,26,28). The average Bonchev–Trinajstić information content (AvgIpc) is 2.74. The first-order valence-electron chi connectivity index (χ1n) is 9.77. The van der Waals surface area contributed by atoms with Crippen molar-refractivity contribution < 1.29 is 0 Å². The molecule has 0 fully saturated rings. The van der Waals surface area contributed by atoms with Gasteiger partial charge in [0.05, 0.1) is 0 Å². The Morgan fingerprint density at radius 1 is 0.862 bits per heavy atom. The van der Waals surface area contributed by atoms with Crippen LogP contribution in [0.5, 0.6) is 0 Å². The molecule has 3 aromatic rings. The quantitative estimate of drug-likeness (QED) is 0.482. The maximum atomic E-state index is 6.05. The molecule has 1 aliphatic heterocycles. The molecule has 0 aliphatic carbocycles. The Balaban J connectivity index is 1.63. The van der Waals surface area contributed by atoms with Gasteiger partial charge in [0.1, 0.15) is 0 Å². The summed E-state index contributed by atoms with van der Waals surface area (Å²) in [5.74, 6) is 0.997. The number of rotatable bonds is 5. The third-order valence-corrected chi connectivity index (χ3v) is 7.76. The number of nitrogens with one attached hydrogen (secondary N) is 2. The summed E-state index contributed by atoms with van der Waals surface area (Å²) < 4.78 is 1.40. The predicted octanol–water partition coefficient (Wildman–Crippen LogP) is 5.54. The second-order valence-electron chi connectivity index (χ2n) is 7.17. The molecule has 3 atom stereocenters. The van der Waals surface area contributed by atoms with Crippen LogP contribution in [0, 0.1) is 0 Å². The Hall–Kier alpha value is -2.26. The van der Waals surface area contributed by atoms with Gasteiger partial charge in [-0.15, -0.1) is 0 Å². The van der Waals surface area contributed by atoms with Crippen molar-refractivity contribution in [3.8, 4) is 0 Å². The van der Waals surface area contributed by atoms with Gasteiger partial charge >= 0.3 is 184 Å². The van der Waals surface area contributed by atoms with Crippen molar-refractivity contribution >= 4 is 48.2 Å². The Labute approximate surface area is 183 Å². The number of amidine groups is 1. The number of halogens is 1. The van der Waals surface area contributed by atoms with Gasteiger partial charge in [0.15, 0.2) is 0 Å². The number of hydrogen-bond donors (Lipinski definition) is 2. The number of benzene rings is 3. The third-order valence-electron chi connectivity index (χ3n) is 5.02. The first-order valence-corrected chi connectivity index (χ1v) is 12.0. The molecule has 0 saturated carbocycles. The Bertz CT molecular complexity index is 989. The zero-order valence-corrected chi connectivity index (χ0v) is 18.9. The van der Waals surface area contributed by atoms with Crippen LogP contribution in [0.3, 0.4) is 0 Å². The molecular formula is C24H24ClN3Se. The van der Waals surface area contributed by atoms with Crippen LogP contribution in [-0.4, -0.2) is 26.8 Å². The summed E-state index contributed by atoms with van der Waals surface area (Å²) in [4.78, 5) is 5.52. The second-order valence-corrected chi connectivity index (χ2v) is 10.7. The molecule has 0 spiro atoms. The third kappa shape index (κ3) is 4.84. The fraction of sp³-hybridized carbons (Fsp3) is 0.208. The van der Waals surface area contributed by atoms with E-state index in [0.717, 1.165) is 27.8 Å². The molecule has 0 saturated heterocycles. The van der Waals surface area contributed by atoms with Gasteiger partial charge < -0.3 is 0 Å². The minimum atomic E-state index is 0.0424. The van der Waals surface area contributed by atoms with E-state index >= 15 is 0 Å². The van der Waals surface area contributed by atoms with Gasteiger partial charge in [0.25, 0.3) is 0 Å². The Morgan fingerprint density at radius 3 is 2.24 bits per heavy atom. The summed E-state index contributed by atoms with van der Waals surface area (Å²) in [6.45, 7) is 4.44. The van der Waals surface area contributed by atoms with Crippen molar-refractivity contribution in [2.75, 3.05) is 10.6 Å². The van der Waals surface area contributed by atoms with E-state index in [1.165, 1.54) is 4.46 Å². The molecule has 0 bridgehead atoms. The molecule has 3 aromatic carbocycles. The Kier molecular flexibility index (Phi) is 6.25. The summed E-state index contributed by atoms with van der Waals surface area (Å²) in [5, 5.41) is 8.08. The van der Waals surface area contributed by atoms with Crippen molar-refractivity contribution in [3.63, 3.8) is 0 Å². The molecule has 0 aromatic heterocycles. The second kappa shape index (κ2) is 9.04. The summed E-state index contributed by atoms with van der Waals surface area (Å²) in [5.41, 5.74) is 3.36. The average molecular weight is 469 g/mol. The van der Waals surface area contributed by atoms with E-state index in [2.05, 4.69) is 73.0 Å². The number of para-hydroxylation sites is 2. The zero-order valence-electron chi connectivity index (χ0n) is 16.5. The van der Waals surface area contributed by atoms with E-state index in [-0.39, 0.29) is 12.1 Å². The molecule has 0 amide bonds. The van der Waals surface area contributed by atoms with Crippen LogP contribution in [0.2, 0.25) is 9.84 Å². The summed E-state index contributed by atoms with van der Waals surface area (Å²) >= 11 is 6.38. The van der Waals surface area contributed by atoms with Crippen LogP contribution in [0.1, 0.15) is 25.5 Å². The SMILES string of the molecule is CC(N=C1Nc2ccccc2NC1C(C)[Se]c1ccccc1)c1ccc(Cl)cc1. The molecule has 1 heterocycles. The molecule has 3 nitrogen and oxygen atoms in total. The molecule has 2 N–H and O–H groups in total. The van der Waals surface area contributed by atoms with Crippen LogP contribution >= 0.6 is 11.6 Å². The molecule has 0 radical (unpaired) electrons. The molecule has 1 aliphatic rings.